The van der Waals surface area contributed by atoms with E-state index in [0.717, 1.165) is 12.1 Å². The van der Waals surface area contributed by atoms with Crippen LogP contribution < -0.4 is 0 Å². The molecule has 2 nitrogen and oxygen atoms in total. The fourth-order valence-corrected chi connectivity index (χ4v) is 1.33. The SMILES string of the molecule is COC(=O)Cc1cc(F)cc(F)c1Br. The second kappa shape index (κ2) is 4.50. The predicted octanol–water partition coefficient (Wildman–Crippen LogP) is 2.44. The first kappa shape index (κ1) is 11.1. The molecule has 0 aliphatic rings. The van der Waals surface area contributed by atoms with Crippen LogP contribution in [0.25, 0.3) is 0 Å². The van der Waals surface area contributed by atoms with Crippen molar-refractivity contribution in [2.45, 2.75) is 6.42 Å². The third-order valence-corrected chi connectivity index (χ3v) is 2.52. The molecule has 1 aromatic carbocycles. The second-order valence-electron chi connectivity index (χ2n) is 2.61. The van der Waals surface area contributed by atoms with E-state index in [1.165, 1.54) is 7.11 Å². The van der Waals surface area contributed by atoms with Gasteiger partial charge in [0.1, 0.15) is 11.6 Å². The molecule has 0 spiro atoms. The molecule has 0 amide bonds. The molecule has 5 heteroatoms. The Morgan fingerprint density at radius 3 is 2.71 bits per heavy atom. The predicted molar refractivity (Wildman–Crippen MR) is 49.8 cm³/mol. The van der Waals surface area contributed by atoms with Gasteiger partial charge in [0.25, 0.3) is 0 Å². The maximum absolute atomic E-state index is 13.0. The zero-order valence-electron chi connectivity index (χ0n) is 7.31. The van der Waals surface area contributed by atoms with Gasteiger partial charge < -0.3 is 4.74 Å². The van der Waals surface area contributed by atoms with Crippen molar-refractivity contribution >= 4 is 21.9 Å². The van der Waals surface area contributed by atoms with Crippen LogP contribution in [0.4, 0.5) is 8.78 Å². The molecule has 0 fully saturated rings. The van der Waals surface area contributed by atoms with E-state index in [-0.39, 0.29) is 16.5 Å². The molecule has 1 aromatic rings. The maximum atomic E-state index is 13.0. The third kappa shape index (κ3) is 2.51. The van der Waals surface area contributed by atoms with Gasteiger partial charge in [0, 0.05) is 6.07 Å². The standard InChI is InChI=1S/C9H7BrF2O2/c1-14-8(13)3-5-2-6(11)4-7(12)9(5)10/h2,4H,3H2,1H3. The number of esters is 1. The molecule has 0 radical (unpaired) electrons. The highest BCUT2D eigenvalue weighted by Gasteiger charge is 2.12. The number of carbonyl (C=O) groups is 1. The minimum Gasteiger partial charge on any atom is -0.469 e. The van der Waals surface area contributed by atoms with E-state index in [2.05, 4.69) is 20.7 Å². The Morgan fingerprint density at radius 1 is 1.50 bits per heavy atom. The Hall–Kier alpha value is -0.970. The summed E-state index contributed by atoms with van der Waals surface area (Å²) >= 11 is 2.92. The Kier molecular flexibility index (Phi) is 3.57. The number of hydrogen-bond acceptors (Lipinski definition) is 2. The molecule has 14 heavy (non-hydrogen) atoms. The highest BCUT2D eigenvalue weighted by atomic mass is 79.9. The van der Waals surface area contributed by atoms with Crippen LogP contribution in [0, 0.1) is 11.6 Å². The lowest BCUT2D eigenvalue weighted by Gasteiger charge is -2.04. The van der Waals surface area contributed by atoms with E-state index < -0.39 is 17.6 Å². The highest BCUT2D eigenvalue weighted by molar-refractivity contribution is 9.10. The molecule has 0 N–H and O–H groups in total. The van der Waals surface area contributed by atoms with E-state index in [1.807, 2.05) is 0 Å². The molecule has 0 aromatic heterocycles. The fraction of sp³-hybridized carbons (Fsp3) is 0.222. The van der Waals surface area contributed by atoms with Crippen molar-refractivity contribution in [2.24, 2.45) is 0 Å². The lowest BCUT2D eigenvalue weighted by Crippen LogP contribution is -2.06. The lowest BCUT2D eigenvalue weighted by atomic mass is 10.1. The van der Waals surface area contributed by atoms with E-state index in [0.29, 0.717) is 0 Å². The molecular weight excluding hydrogens is 258 g/mol. The molecule has 0 aliphatic heterocycles. The van der Waals surface area contributed by atoms with Gasteiger partial charge in [0.15, 0.2) is 0 Å². The smallest absolute Gasteiger partial charge is 0.310 e. The van der Waals surface area contributed by atoms with Crippen LogP contribution in [0.2, 0.25) is 0 Å². The number of benzene rings is 1. The lowest BCUT2D eigenvalue weighted by molar-refractivity contribution is -0.139. The summed E-state index contributed by atoms with van der Waals surface area (Å²) in [5, 5.41) is 0. The van der Waals surface area contributed by atoms with Gasteiger partial charge in [-0.15, -0.1) is 0 Å². The Labute approximate surface area is 88.0 Å². The molecule has 0 saturated carbocycles. The zero-order valence-corrected chi connectivity index (χ0v) is 8.90. The average molecular weight is 265 g/mol. The first-order chi connectivity index (χ1) is 6.54. The minimum absolute atomic E-state index is 0.0873. The van der Waals surface area contributed by atoms with Crippen LogP contribution in [-0.4, -0.2) is 13.1 Å². The van der Waals surface area contributed by atoms with Crippen molar-refractivity contribution in [3.05, 3.63) is 33.8 Å². The number of methoxy groups -OCH3 is 1. The number of carbonyl (C=O) groups excluding carboxylic acids is 1. The van der Waals surface area contributed by atoms with E-state index in [4.69, 9.17) is 0 Å². The third-order valence-electron chi connectivity index (χ3n) is 1.63. The second-order valence-corrected chi connectivity index (χ2v) is 3.41. The van der Waals surface area contributed by atoms with Crippen molar-refractivity contribution < 1.29 is 18.3 Å². The van der Waals surface area contributed by atoms with E-state index in [9.17, 15) is 13.6 Å². The van der Waals surface area contributed by atoms with Crippen molar-refractivity contribution in [3.63, 3.8) is 0 Å². The maximum Gasteiger partial charge on any atom is 0.310 e. The number of rotatable bonds is 2. The Morgan fingerprint density at radius 2 is 2.14 bits per heavy atom. The first-order valence-electron chi connectivity index (χ1n) is 3.75. The first-order valence-corrected chi connectivity index (χ1v) is 4.54. The Balaban J connectivity index is 3.02. The summed E-state index contributed by atoms with van der Waals surface area (Å²) in [5.74, 6) is -2.00. The Bertz CT molecular complexity index is 366. The summed E-state index contributed by atoms with van der Waals surface area (Å²) < 4.78 is 30.2. The van der Waals surface area contributed by atoms with Crippen molar-refractivity contribution in [1.82, 2.24) is 0 Å². The normalized spacial score (nSPS) is 10.0. The van der Waals surface area contributed by atoms with Gasteiger partial charge in [0.2, 0.25) is 0 Å². The number of hydrogen-bond donors (Lipinski definition) is 0. The van der Waals surface area contributed by atoms with Gasteiger partial charge in [0.05, 0.1) is 18.0 Å². The van der Waals surface area contributed by atoms with Gasteiger partial charge in [-0.2, -0.15) is 0 Å². The number of halogens is 3. The summed E-state index contributed by atoms with van der Waals surface area (Å²) in [6.07, 6.45) is -0.161. The monoisotopic (exact) mass is 264 g/mol. The highest BCUT2D eigenvalue weighted by Crippen LogP contribution is 2.22. The molecule has 0 unspecified atom stereocenters. The summed E-state index contributed by atoms with van der Waals surface area (Å²) in [6.45, 7) is 0. The van der Waals surface area contributed by atoms with Crippen molar-refractivity contribution in [2.75, 3.05) is 7.11 Å². The van der Waals surface area contributed by atoms with Crippen LogP contribution in [0.3, 0.4) is 0 Å². The molecule has 0 atom stereocenters. The van der Waals surface area contributed by atoms with Crippen LogP contribution in [0.1, 0.15) is 5.56 Å². The average Bonchev–Trinajstić information content (AvgIpc) is 2.13. The quantitative estimate of drug-likeness (QED) is 0.606. The largest absolute Gasteiger partial charge is 0.469 e. The fourth-order valence-electron chi connectivity index (χ4n) is 0.966. The van der Waals surface area contributed by atoms with Crippen LogP contribution in [-0.2, 0) is 16.0 Å². The van der Waals surface area contributed by atoms with Crippen LogP contribution in [0.5, 0.6) is 0 Å². The van der Waals surface area contributed by atoms with Gasteiger partial charge in [-0.3, -0.25) is 4.79 Å². The van der Waals surface area contributed by atoms with E-state index >= 15 is 0 Å². The van der Waals surface area contributed by atoms with Crippen LogP contribution >= 0.6 is 15.9 Å². The van der Waals surface area contributed by atoms with Crippen molar-refractivity contribution in [3.8, 4) is 0 Å². The molecule has 0 saturated heterocycles. The molecular formula is C9H7BrF2O2. The summed E-state index contributed by atoms with van der Waals surface area (Å²) in [6, 6.07) is 1.83. The van der Waals surface area contributed by atoms with E-state index in [1.54, 1.807) is 0 Å². The van der Waals surface area contributed by atoms with Gasteiger partial charge in [-0.25, -0.2) is 8.78 Å². The summed E-state index contributed by atoms with van der Waals surface area (Å²) in [5.41, 5.74) is 0.231. The van der Waals surface area contributed by atoms with Crippen molar-refractivity contribution in [1.29, 1.82) is 0 Å². The molecule has 1 rings (SSSR count). The molecule has 0 aliphatic carbocycles. The van der Waals surface area contributed by atoms with Gasteiger partial charge in [-0.1, -0.05) is 0 Å². The van der Waals surface area contributed by atoms with Gasteiger partial charge in [-0.05, 0) is 27.6 Å². The molecule has 0 bridgehead atoms. The molecule has 0 heterocycles. The van der Waals surface area contributed by atoms with Crippen LogP contribution in [0.15, 0.2) is 16.6 Å². The molecule has 76 valence electrons. The summed E-state index contributed by atoms with van der Waals surface area (Å²) in [7, 11) is 1.21. The zero-order chi connectivity index (χ0) is 10.7. The summed E-state index contributed by atoms with van der Waals surface area (Å²) in [4.78, 5) is 10.9. The number of ether oxygens (including phenoxy) is 1. The topological polar surface area (TPSA) is 26.3 Å². The van der Waals surface area contributed by atoms with Gasteiger partial charge >= 0.3 is 5.97 Å². The minimum atomic E-state index is -0.732.